The fourth-order valence-electron chi connectivity index (χ4n) is 2.46. The number of hydrogen-bond acceptors (Lipinski definition) is 3. The molecule has 0 atom stereocenters. The van der Waals surface area contributed by atoms with Gasteiger partial charge in [-0.3, -0.25) is 0 Å². The van der Waals surface area contributed by atoms with Gasteiger partial charge < -0.3 is 10.6 Å². The van der Waals surface area contributed by atoms with E-state index in [0.717, 1.165) is 36.6 Å². The SMILES string of the molecule is CCNC(=NCc1ccc(S(C)(=O)=O)c(C)c1)NCCCC(C)C. The zero-order valence-corrected chi connectivity index (χ0v) is 16.3. The maximum Gasteiger partial charge on any atom is 0.191 e. The highest BCUT2D eigenvalue weighted by Crippen LogP contribution is 2.17. The van der Waals surface area contributed by atoms with Crippen molar-refractivity contribution in [3.05, 3.63) is 29.3 Å². The third-order valence-electron chi connectivity index (χ3n) is 3.65. The number of aryl methyl sites for hydroxylation is 1. The first-order valence-corrected chi connectivity index (χ1v) is 10.4. The predicted molar refractivity (Wildman–Crippen MR) is 101 cm³/mol. The number of nitrogens with one attached hydrogen (secondary N) is 2. The Labute approximate surface area is 146 Å². The molecule has 1 aromatic carbocycles. The standard InChI is InChI=1S/C18H31N3O2S/c1-6-19-18(20-11-7-8-14(2)3)21-13-16-9-10-17(15(4)12-16)24(5,22)23/h9-10,12,14H,6-8,11,13H2,1-5H3,(H2,19,20,21). The van der Waals surface area contributed by atoms with Gasteiger partial charge >= 0.3 is 0 Å². The largest absolute Gasteiger partial charge is 0.357 e. The Morgan fingerprint density at radius 2 is 1.96 bits per heavy atom. The molecule has 0 amide bonds. The van der Waals surface area contributed by atoms with Crippen molar-refractivity contribution >= 4 is 15.8 Å². The molecule has 0 spiro atoms. The molecular formula is C18H31N3O2S. The first kappa shape index (κ1) is 20.5. The Balaban J connectivity index is 2.70. The summed E-state index contributed by atoms with van der Waals surface area (Å²) in [5, 5.41) is 6.57. The van der Waals surface area contributed by atoms with Gasteiger partial charge in [0.05, 0.1) is 11.4 Å². The van der Waals surface area contributed by atoms with Crippen molar-refractivity contribution < 1.29 is 8.42 Å². The molecule has 0 aromatic heterocycles. The average Bonchev–Trinajstić information content (AvgIpc) is 2.47. The van der Waals surface area contributed by atoms with Gasteiger partial charge in [0.15, 0.2) is 15.8 Å². The molecule has 0 radical (unpaired) electrons. The number of benzene rings is 1. The topological polar surface area (TPSA) is 70.6 Å². The molecule has 0 aliphatic carbocycles. The zero-order chi connectivity index (χ0) is 18.2. The van der Waals surface area contributed by atoms with E-state index in [-0.39, 0.29) is 0 Å². The molecule has 6 heteroatoms. The molecule has 5 nitrogen and oxygen atoms in total. The van der Waals surface area contributed by atoms with Gasteiger partial charge in [0, 0.05) is 19.3 Å². The summed E-state index contributed by atoms with van der Waals surface area (Å²) in [6.07, 6.45) is 3.54. The average molecular weight is 354 g/mol. The lowest BCUT2D eigenvalue weighted by Crippen LogP contribution is -2.37. The van der Waals surface area contributed by atoms with Crippen LogP contribution < -0.4 is 10.6 Å². The van der Waals surface area contributed by atoms with Crippen molar-refractivity contribution in [2.75, 3.05) is 19.3 Å². The zero-order valence-electron chi connectivity index (χ0n) is 15.5. The van der Waals surface area contributed by atoms with Crippen LogP contribution in [0.2, 0.25) is 0 Å². The lowest BCUT2D eigenvalue weighted by atomic mass is 10.1. The van der Waals surface area contributed by atoms with E-state index in [1.54, 1.807) is 6.07 Å². The predicted octanol–water partition coefficient (Wildman–Crippen LogP) is 2.89. The molecule has 0 saturated heterocycles. The number of nitrogens with zero attached hydrogens (tertiary/aromatic N) is 1. The molecule has 0 fully saturated rings. The van der Waals surface area contributed by atoms with E-state index in [4.69, 9.17) is 0 Å². The lowest BCUT2D eigenvalue weighted by Gasteiger charge is -2.12. The van der Waals surface area contributed by atoms with Gasteiger partial charge in [0.2, 0.25) is 0 Å². The number of rotatable bonds is 8. The van der Waals surface area contributed by atoms with Gasteiger partial charge in [-0.15, -0.1) is 0 Å². The molecule has 2 N–H and O–H groups in total. The number of hydrogen-bond donors (Lipinski definition) is 2. The Hall–Kier alpha value is -1.56. The molecule has 0 aliphatic heterocycles. The second-order valence-corrected chi connectivity index (χ2v) is 8.51. The molecular weight excluding hydrogens is 322 g/mol. The Kier molecular flexibility index (Phi) is 8.25. The molecule has 0 unspecified atom stereocenters. The van der Waals surface area contributed by atoms with E-state index < -0.39 is 9.84 Å². The van der Waals surface area contributed by atoms with E-state index in [0.29, 0.717) is 17.4 Å². The van der Waals surface area contributed by atoms with Crippen molar-refractivity contribution in [2.45, 2.75) is 52.0 Å². The van der Waals surface area contributed by atoms with Gasteiger partial charge in [-0.1, -0.05) is 26.0 Å². The minimum atomic E-state index is -3.17. The van der Waals surface area contributed by atoms with E-state index in [1.165, 1.54) is 12.7 Å². The van der Waals surface area contributed by atoms with Crippen LogP contribution in [-0.2, 0) is 16.4 Å². The van der Waals surface area contributed by atoms with E-state index >= 15 is 0 Å². The Morgan fingerprint density at radius 3 is 2.50 bits per heavy atom. The summed E-state index contributed by atoms with van der Waals surface area (Å²) in [5.74, 6) is 1.51. The van der Waals surface area contributed by atoms with Crippen LogP contribution in [0.5, 0.6) is 0 Å². The Morgan fingerprint density at radius 1 is 1.25 bits per heavy atom. The highest BCUT2D eigenvalue weighted by molar-refractivity contribution is 7.90. The van der Waals surface area contributed by atoms with Crippen molar-refractivity contribution in [1.82, 2.24) is 10.6 Å². The van der Waals surface area contributed by atoms with Gasteiger partial charge in [-0.05, 0) is 49.8 Å². The number of sulfone groups is 1. The summed E-state index contributed by atoms with van der Waals surface area (Å²) in [6, 6.07) is 5.38. The van der Waals surface area contributed by atoms with Crippen molar-refractivity contribution in [3.63, 3.8) is 0 Å². The maximum absolute atomic E-state index is 11.7. The summed E-state index contributed by atoms with van der Waals surface area (Å²) in [6.45, 7) is 10.5. The molecule has 1 aromatic rings. The second-order valence-electron chi connectivity index (χ2n) is 6.53. The summed E-state index contributed by atoms with van der Waals surface area (Å²) in [4.78, 5) is 4.96. The van der Waals surface area contributed by atoms with Crippen molar-refractivity contribution in [2.24, 2.45) is 10.9 Å². The fraction of sp³-hybridized carbons (Fsp3) is 0.611. The maximum atomic E-state index is 11.7. The highest BCUT2D eigenvalue weighted by atomic mass is 32.2. The molecule has 0 heterocycles. The van der Waals surface area contributed by atoms with Crippen molar-refractivity contribution in [3.8, 4) is 0 Å². The smallest absolute Gasteiger partial charge is 0.191 e. The summed E-state index contributed by atoms with van der Waals surface area (Å²) in [5.41, 5.74) is 1.76. The van der Waals surface area contributed by atoms with Crippen LogP contribution >= 0.6 is 0 Å². The van der Waals surface area contributed by atoms with Crippen LogP contribution in [0, 0.1) is 12.8 Å². The van der Waals surface area contributed by atoms with Crippen LogP contribution in [0.15, 0.2) is 28.1 Å². The number of aliphatic imine (C=N–C) groups is 1. The number of guanidine groups is 1. The van der Waals surface area contributed by atoms with Crippen LogP contribution in [0.25, 0.3) is 0 Å². The normalized spacial score (nSPS) is 12.5. The van der Waals surface area contributed by atoms with E-state index in [9.17, 15) is 8.42 Å². The minimum absolute atomic E-state index is 0.383. The van der Waals surface area contributed by atoms with Crippen LogP contribution in [0.3, 0.4) is 0 Å². The molecule has 136 valence electrons. The minimum Gasteiger partial charge on any atom is -0.357 e. The third kappa shape index (κ3) is 7.34. The third-order valence-corrected chi connectivity index (χ3v) is 4.91. The molecule has 0 aliphatic rings. The summed E-state index contributed by atoms with van der Waals surface area (Å²) < 4.78 is 23.3. The van der Waals surface area contributed by atoms with Gasteiger partial charge in [-0.25, -0.2) is 13.4 Å². The molecule has 1 rings (SSSR count). The van der Waals surface area contributed by atoms with E-state index in [1.807, 2.05) is 26.0 Å². The molecule has 24 heavy (non-hydrogen) atoms. The van der Waals surface area contributed by atoms with Gasteiger partial charge in [0.25, 0.3) is 0 Å². The first-order valence-electron chi connectivity index (χ1n) is 8.55. The quantitative estimate of drug-likeness (QED) is 0.428. The lowest BCUT2D eigenvalue weighted by molar-refractivity contribution is 0.549. The summed E-state index contributed by atoms with van der Waals surface area (Å²) >= 11 is 0. The molecule has 0 saturated carbocycles. The Bertz CT molecular complexity index is 652. The van der Waals surface area contributed by atoms with Crippen LogP contribution in [0.4, 0.5) is 0 Å². The van der Waals surface area contributed by atoms with Crippen LogP contribution in [0.1, 0.15) is 44.7 Å². The highest BCUT2D eigenvalue weighted by Gasteiger charge is 2.10. The fourth-order valence-corrected chi connectivity index (χ4v) is 3.41. The van der Waals surface area contributed by atoms with Crippen LogP contribution in [-0.4, -0.2) is 33.7 Å². The van der Waals surface area contributed by atoms with Gasteiger partial charge in [0.1, 0.15) is 0 Å². The van der Waals surface area contributed by atoms with Crippen molar-refractivity contribution in [1.29, 1.82) is 0 Å². The first-order chi connectivity index (χ1) is 11.2. The second kappa shape index (κ2) is 9.67. The van der Waals surface area contributed by atoms with E-state index in [2.05, 4.69) is 29.5 Å². The van der Waals surface area contributed by atoms with Gasteiger partial charge in [-0.2, -0.15) is 0 Å². The molecule has 0 bridgehead atoms. The summed E-state index contributed by atoms with van der Waals surface area (Å²) in [7, 11) is -3.17. The monoisotopic (exact) mass is 353 g/mol.